The summed E-state index contributed by atoms with van der Waals surface area (Å²) < 4.78 is 27.8. The van der Waals surface area contributed by atoms with Gasteiger partial charge in [-0.25, -0.2) is 8.78 Å². The quantitative estimate of drug-likeness (QED) is 0.328. The van der Waals surface area contributed by atoms with Crippen LogP contribution in [0.2, 0.25) is 18.1 Å². The number of hydrogen-bond acceptors (Lipinski definition) is 0. The summed E-state index contributed by atoms with van der Waals surface area (Å²) >= 11 is 0. The van der Waals surface area contributed by atoms with E-state index in [9.17, 15) is 8.78 Å². The third kappa shape index (κ3) is 5.71. The Morgan fingerprint density at radius 3 is 2.10 bits per heavy atom. The van der Waals surface area contributed by atoms with Crippen molar-refractivity contribution in [1.29, 1.82) is 0 Å². The number of benzene rings is 3. The second-order valence-corrected chi connectivity index (χ2v) is 12.6. The molecule has 0 bridgehead atoms. The fourth-order valence-corrected chi connectivity index (χ4v) is 8.50. The molecule has 0 unspecified atom stereocenters. The highest BCUT2D eigenvalue weighted by molar-refractivity contribution is 6.59. The fraction of sp³-hybridized carbons (Fsp3) is 0.357. The highest BCUT2D eigenvalue weighted by atomic mass is 28.3. The summed E-state index contributed by atoms with van der Waals surface area (Å²) in [6, 6.07) is 24.4. The first-order valence-electron chi connectivity index (χ1n) is 11.8. The van der Waals surface area contributed by atoms with E-state index >= 15 is 0 Å². The number of rotatable bonds is 7. The molecular formula is C28H32F2Si. The van der Waals surface area contributed by atoms with Crippen molar-refractivity contribution in [3.63, 3.8) is 0 Å². The molecule has 0 nitrogen and oxygen atoms in total. The summed E-state index contributed by atoms with van der Waals surface area (Å²) in [5, 5.41) is 0. The smallest absolute Gasteiger partial charge is 0.131 e. The van der Waals surface area contributed by atoms with Gasteiger partial charge in [0.1, 0.15) is 11.6 Å². The van der Waals surface area contributed by atoms with E-state index in [1.165, 1.54) is 67.9 Å². The first-order valence-corrected chi connectivity index (χ1v) is 14.2. The van der Waals surface area contributed by atoms with Crippen molar-refractivity contribution in [2.75, 3.05) is 0 Å². The normalized spacial score (nSPS) is 18.8. The van der Waals surface area contributed by atoms with Gasteiger partial charge in [-0.2, -0.15) is 0 Å². The Morgan fingerprint density at radius 2 is 1.45 bits per heavy atom. The molecule has 4 rings (SSSR count). The van der Waals surface area contributed by atoms with Crippen molar-refractivity contribution < 1.29 is 8.78 Å². The van der Waals surface area contributed by atoms with Gasteiger partial charge in [-0.05, 0) is 52.8 Å². The van der Waals surface area contributed by atoms with Gasteiger partial charge < -0.3 is 0 Å². The maximum Gasteiger partial charge on any atom is 0.131 e. The van der Waals surface area contributed by atoms with E-state index in [0.717, 1.165) is 17.0 Å². The number of halogens is 2. The summed E-state index contributed by atoms with van der Waals surface area (Å²) in [7, 11) is -0.550. The minimum Gasteiger partial charge on any atom is -0.207 e. The third-order valence-electron chi connectivity index (χ3n) is 6.92. The van der Waals surface area contributed by atoms with Crippen LogP contribution in [0.4, 0.5) is 8.78 Å². The Hall–Kier alpha value is -2.26. The summed E-state index contributed by atoms with van der Waals surface area (Å²) in [6.07, 6.45) is 6.90. The molecule has 0 saturated carbocycles. The highest BCUT2D eigenvalue weighted by Gasteiger charge is 2.21. The lowest BCUT2D eigenvalue weighted by atomic mass is 9.97. The van der Waals surface area contributed by atoms with Crippen LogP contribution in [0.5, 0.6) is 0 Å². The van der Waals surface area contributed by atoms with E-state index in [1.807, 2.05) is 6.07 Å². The van der Waals surface area contributed by atoms with Gasteiger partial charge in [-0.3, -0.25) is 0 Å². The molecule has 1 aliphatic rings. The van der Waals surface area contributed by atoms with Gasteiger partial charge >= 0.3 is 0 Å². The van der Waals surface area contributed by atoms with Crippen molar-refractivity contribution >= 4 is 8.80 Å². The topological polar surface area (TPSA) is 0 Å². The van der Waals surface area contributed by atoms with Crippen LogP contribution in [-0.4, -0.2) is 8.80 Å². The minimum absolute atomic E-state index is 0.280. The van der Waals surface area contributed by atoms with Crippen LogP contribution in [0.3, 0.4) is 0 Å². The summed E-state index contributed by atoms with van der Waals surface area (Å²) in [6.45, 7) is 2.31. The molecule has 1 heterocycles. The summed E-state index contributed by atoms with van der Waals surface area (Å²) in [5.74, 6) is 0.411. The molecule has 3 heteroatoms. The van der Waals surface area contributed by atoms with Crippen molar-refractivity contribution in [1.82, 2.24) is 0 Å². The van der Waals surface area contributed by atoms with Crippen molar-refractivity contribution in [2.24, 2.45) is 5.92 Å². The van der Waals surface area contributed by atoms with E-state index in [2.05, 4.69) is 31.2 Å². The van der Waals surface area contributed by atoms with Crippen LogP contribution in [0, 0.1) is 17.6 Å². The molecule has 0 spiro atoms. The fourth-order valence-electron chi connectivity index (χ4n) is 5.01. The molecule has 3 aromatic carbocycles. The van der Waals surface area contributed by atoms with E-state index in [0.29, 0.717) is 11.1 Å². The zero-order chi connectivity index (χ0) is 21.6. The first kappa shape index (κ1) is 21.9. The predicted octanol–water partition coefficient (Wildman–Crippen LogP) is 8.28. The van der Waals surface area contributed by atoms with Gasteiger partial charge in [0, 0.05) is 14.4 Å². The molecule has 1 fully saturated rings. The third-order valence-corrected chi connectivity index (χ3v) is 10.3. The van der Waals surface area contributed by atoms with Crippen LogP contribution >= 0.6 is 0 Å². The summed E-state index contributed by atoms with van der Waals surface area (Å²) in [4.78, 5) is 0. The SMILES string of the molecule is CCC[C@H]1CC[Si@H](CCc2ccc(-c3ccc(-c4ccc(F)cc4)c(F)c3)cc2)CC1. The molecule has 1 aliphatic heterocycles. The molecule has 1 saturated heterocycles. The molecule has 0 N–H and O–H groups in total. The van der Waals surface area contributed by atoms with Crippen LogP contribution in [-0.2, 0) is 6.42 Å². The van der Waals surface area contributed by atoms with E-state index in [1.54, 1.807) is 24.3 Å². The Balaban J connectivity index is 1.36. The van der Waals surface area contributed by atoms with Gasteiger partial charge in [0.25, 0.3) is 0 Å². The lowest BCUT2D eigenvalue weighted by Crippen LogP contribution is -2.21. The predicted molar refractivity (Wildman–Crippen MR) is 130 cm³/mol. The minimum atomic E-state index is -0.550. The molecule has 162 valence electrons. The zero-order valence-corrected chi connectivity index (χ0v) is 19.6. The molecule has 3 aromatic rings. The second kappa shape index (κ2) is 10.4. The molecule has 31 heavy (non-hydrogen) atoms. The number of aryl methyl sites for hydroxylation is 1. The molecule has 0 atom stereocenters. The van der Waals surface area contributed by atoms with Crippen LogP contribution in [0.15, 0.2) is 66.7 Å². The Labute approximate surface area is 186 Å². The van der Waals surface area contributed by atoms with Crippen LogP contribution in [0.1, 0.15) is 38.2 Å². The lowest BCUT2D eigenvalue weighted by Gasteiger charge is -2.27. The Kier molecular flexibility index (Phi) is 7.34. The molecular weight excluding hydrogens is 402 g/mol. The number of hydrogen-bond donors (Lipinski definition) is 0. The zero-order valence-electron chi connectivity index (χ0n) is 18.4. The Bertz CT molecular complexity index is 971. The van der Waals surface area contributed by atoms with Gasteiger partial charge in [0.05, 0.1) is 0 Å². The standard InChI is InChI=1S/C28H32F2Si/c1-2-3-21-14-17-31(18-15-21)19-16-22-4-6-23(7-5-22)25-10-13-27(28(30)20-25)24-8-11-26(29)12-9-24/h4-13,20-21,31H,2-3,14-19H2,1H3/t21-,31-. The van der Waals surface area contributed by atoms with Crippen molar-refractivity contribution in [3.05, 3.63) is 83.9 Å². The van der Waals surface area contributed by atoms with Crippen LogP contribution < -0.4 is 0 Å². The van der Waals surface area contributed by atoms with Crippen molar-refractivity contribution in [2.45, 2.75) is 57.2 Å². The van der Waals surface area contributed by atoms with Gasteiger partial charge in [0.15, 0.2) is 0 Å². The van der Waals surface area contributed by atoms with E-state index in [4.69, 9.17) is 0 Å². The van der Waals surface area contributed by atoms with E-state index < -0.39 is 8.80 Å². The maximum absolute atomic E-state index is 14.7. The molecule has 0 aliphatic carbocycles. The Morgan fingerprint density at radius 1 is 0.806 bits per heavy atom. The van der Waals surface area contributed by atoms with Gasteiger partial charge in [-0.1, -0.05) is 99.3 Å². The van der Waals surface area contributed by atoms with Gasteiger partial charge in [-0.15, -0.1) is 0 Å². The largest absolute Gasteiger partial charge is 0.207 e. The second-order valence-electron chi connectivity index (χ2n) is 9.11. The lowest BCUT2D eigenvalue weighted by molar-refractivity contribution is 0.432. The monoisotopic (exact) mass is 434 g/mol. The first-order chi connectivity index (χ1) is 15.1. The van der Waals surface area contributed by atoms with Gasteiger partial charge in [0.2, 0.25) is 0 Å². The summed E-state index contributed by atoms with van der Waals surface area (Å²) in [5.41, 5.74) is 4.49. The van der Waals surface area contributed by atoms with Crippen molar-refractivity contribution in [3.8, 4) is 22.3 Å². The highest BCUT2D eigenvalue weighted by Crippen LogP contribution is 2.31. The average molecular weight is 435 g/mol. The molecule has 0 amide bonds. The van der Waals surface area contributed by atoms with Crippen LogP contribution in [0.25, 0.3) is 22.3 Å². The maximum atomic E-state index is 14.7. The average Bonchev–Trinajstić information content (AvgIpc) is 2.80. The molecule has 0 aromatic heterocycles. The molecule has 0 radical (unpaired) electrons. The van der Waals surface area contributed by atoms with E-state index in [-0.39, 0.29) is 11.6 Å².